The first-order valence-corrected chi connectivity index (χ1v) is 15.9. The van der Waals surface area contributed by atoms with E-state index in [9.17, 15) is 0 Å². The molecule has 0 amide bonds. The van der Waals surface area contributed by atoms with Gasteiger partial charge >= 0.3 is 0 Å². The monoisotopic (exact) mass is 567 g/mol. The molecule has 204 valence electrons. The van der Waals surface area contributed by atoms with E-state index in [0.29, 0.717) is 0 Å². The number of rotatable bonds is 7. The molecule has 0 saturated carbocycles. The van der Waals surface area contributed by atoms with Crippen molar-refractivity contribution in [1.29, 1.82) is 0 Å². The zero-order chi connectivity index (χ0) is 28.8. The van der Waals surface area contributed by atoms with Gasteiger partial charge in [-0.1, -0.05) is 158 Å². The zero-order valence-corrected chi connectivity index (χ0v) is 24.6. The normalized spacial score (nSPS) is 11.0. The first-order chi connectivity index (χ1) is 21.3. The predicted octanol–water partition coefficient (Wildman–Crippen LogP) is 9.51. The number of pyridine rings is 1. The Morgan fingerprint density at radius 3 is 1.23 bits per heavy atom. The second-order valence-corrected chi connectivity index (χ2v) is 12.6. The predicted molar refractivity (Wildman–Crippen MR) is 185 cm³/mol. The van der Waals surface area contributed by atoms with E-state index >= 15 is 0 Å². The number of hydrogen-bond acceptors (Lipinski definition) is 1. The lowest BCUT2D eigenvalue weighted by molar-refractivity contribution is 1.38. The summed E-state index contributed by atoms with van der Waals surface area (Å²) < 4.78 is 0. The Kier molecular flexibility index (Phi) is 7.73. The molecule has 0 aliphatic rings. The molecule has 43 heavy (non-hydrogen) atoms. The van der Waals surface area contributed by atoms with Crippen molar-refractivity contribution in [3.63, 3.8) is 0 Å². The van der Waals surface area contributed by atoms with Gasteiger partial charge in [-0.2, -0.15) is 0 Å². The summed E-state index contributed by atoms with van der Waals surface area (Å²) >= 11 is 0. The van der Waals surface area contributed by atoms with Crippen LogP contribution in [-0.2, 0) is 0 Å². The topological polar surface area (TPSA) is 12.9 Å². The summed E-state index contributed by atoms with van der Waals surface area (Å²) in [6.45, 7) is 0. The highest BCUT2D eigenvalue weighted by atomic mass is 31.1. The molecule has 0 atom stereocenters. The maximum atomic E-state index is 5.50. The third-order valence-corrected chi connectivity index (χ3v) is 10.00. The van der Waals surface area contributed by atoms with E-state index in [2.05, 4.69) is 182 Å². The zero-order valence-electron chi connectivity index (χ0n) is 23.7. The summed E-state index contributed by atoms with van der Waals surface area (Å²) in [6.07, 6.45) is 0. The molecule has 7 aromatic rings. The smallest absolute Gasteiger partial charge is 0.0728 e. The van der Waals surface area contributed by atoms with Gasteiger partial charge in [0.25, 0.3) is 0 Å². The molecule has 1 aromatic heterocycles. The lowest BCUT2D eigenvalue weighted by Gasteiger charge is -2.21. The SMILES string of the molecule is c1ccc(-c2cc(-c3ccccc3)c(-c3cccc(P(c4ccccc4)c4ccccc4)n3)c(-c3ccccc3)c2)cc1. The molecule has 0 unspecified atom stereocenters. The van der Waals surface area contributed by atoms with Gasteiger partial charge in [-0.3, -0.25) is 0 Å². The number of hydrogen-bond donors (Lipinski definition) is 0. The lowest BCUT2D eigenvalue weighted by atomic mass is 9.86. The molecular formula is C41H30NP. The van der Waals surface area contributed by atoms with E-state index in [-0.39, 0.29) is 0 Å². The largest absolute Gasteiger partial charge is 0.247 e. The van der Waals surface area contributed by atoms with Crippen molar-refractivity contribution in [1.82, 2.24) is 4.98 Å². The van der Waals surface area contributed by atoms with Gasteiger partial charge < -0.3 is 0 Å². The molecule has 1 nitrogen and oxygen atoms in total. The van der Waals surface area contributed by atoms with Crippen molar-refractivity contribution in [3.8, 4) is 44.6 Å². The van der Waals surface area contributed by atoms with Crippen LogP contribution in [0.25, 0.3) is 44.6 Å². The van der Waals surface area contributed by atoms with Crippen LogP contribution < -0.4 is 16.0 Å². The van der Waals surface area contributed by atoms with Gasteiger partial charge in [0, 0.05) is 13.5 Å². The van der Waals surface area contributed by atoms with Gasteiger partial charge in [0.2, 0.25) is 0 Å². The van der Waals surface area contributed by atoms with Crippen LogP contribution in [0.2, 0.25) is 0 Å². The average molecular weight is 568 g/mol. The fourth-order valence-electron chi connectivity index (χ4n) is 5.66. The van der Waals surface area contributed by atoms with Crippen LogP contribution in [0.5, 0.6) is 0 Å². The minimum Gasteiger partial charge on any atom is -0.247 e. The third kappa shape index (κ3) is 5.69. The summed E-state index contributed by atoms with van der Waals surface area (Å²) in [5, 5.41) is 2.58. The molecule has 0 bridgehead atoms. The van der Waals surface area contributed by atoms with Crippen LogP contribution in [0.1, 0.15) is 0 Å². The van der Waals surface area contributed by atoms with Crippen LogP contribution in [0.15, 0.2) is 182 Å². The first-order valence-electron chi connectivity index (χ1n) is 14.6. The Labute approximate surface area is 254 Å². The van der Waals surface area contributed by atoms with Gasteiger partial charge in [-0.15, -0.1) is 0 Å². The maximum Gasteiger partial charge on any atom is 0.0728 e. The number of nitrogens with zero attached hydrogens (tertiary/aromatic N) is 1. The van der Waals surface area contributed by atoms with Gasteiger partial charge in [0.05, 0.1) is 11.1 Å². The Hall–Kier alpha value is -5.10. The lowest BCUT2D eigenvalue weighted by Crippen LogP contribution is -2.23. The van der Waals surface area contributed by atoms with Gasteiger partial charge in [-0.25, -0.2) is 4.98 Å². The van der Waals surface area contributed by atoms with Gasteiger partial charge in [0.15, 0.2) is 0 Å². The van der Waals surface area contributed by atoms with Crippen LogP contribution in [0.4, 0.5) is 0 Å². The second kappa shape index (κ2) is 12.4. The van der Waals surface area contributed by atoms with Crippen molar-refractivity contribution in [2.75, 3.05) is 0 Å². The van der Waals surface area contributed by atoms with E-state index in [1.807, 2.05) is 0 Å². The Bertz CT molecular complexity index is 1840. The highest BCUT2D eigenvalue weighted by Crippen LogP contribution is 2.43. The highest BCUT2D eigenvalue weighted by molar-refractivity contribution is 7.79. The van der Waals surface area contributed by atoms with Crippen molar-refractivity contribution >= 4 is 24.0 Å². The van der Waals surface area contributed by atoms with E-state index in [1.165, 1.54) is 44.0 Å². The van der Waals surface area contributed by atoms with Gasteiger partial charge in [0.1, 0.15) is 0 Å². The molecule has 0 aliphatic heterocycles. The first kappa shape index (κ1) is 26.8. The Balaban J connectivity index is 1.50. The Morgan fingerprint density at radius 2 is 0.767 bits per heavy atom. The van der Waals surface area contributed by atoms with Crippen molar-refractivity contribution in [3.05, 3.63) is 182 Å². The summed E-state index contributed by atoms with van der Waals surface area (Å²) in [5.41, 5.74) is 10.3. The van der Waals surface area contributed by atoms with Crippen LogP contribution in [-0.4, -0.2) is 4.98 Å². The fraction of sp³-hybridized carbons (Fsp3) is 0. The van der Waals surface area contributed by atoms with Crippen LogP contribution in [0, 0.1) is 0 Å². The molecule has 0 spiro atoms. The molecule has 7 rings (SSSR count). The second-order valence-electron chi connectivity index (χ2n) is 10.4. The van der Waals surface area contributed by atoms with Crippen molar-refractivity contribution in [2.24, 2.45) is 0 Å². The summed E-state index contributed by atoms with van der Waals surface area (Å²) in [4.78, 5) is 5.50. The van der Waals surface area contributed by atoms with E-state index in [4.69, 9.17) is 4.98 Å². The highest BCUT2D eigenvalue weighted by Gasteiger charge is 2.21. The summed E-state index contributed by atoms with van der Waals surface area (Å²) in [7, 11) is -0.834. The molecular weight excluding hydrogens is 537 g/mol. The minimum atomic E-state index is -0.834. The van der Waals surface area contributed by atoms with E-state index in [1.54, 1.807) is 0 Å². The molecule has 6 aromatic carbocycles. The fourth-order valence-corrected chi connectivity index (χ4v) is 7.87. The quantitative estimate of drug-likeness (QED) is 0.175. The molecule has 0 N–H and O–H groups in total. The molecule has 2 heteroatoms. The van der Waals surface area contributed by atoms with E-state index in [0.717, 1.165) is 16.7 Å². The van der Waals surface area contributed by atoms with Crippen LogP contribution >= 0.6 is 7.92 Å². The van der Waals surface area contributed by atoms with Crippen molar-refractivity contribution in [2.45, 2.75) is 0 Å². The summed E-state index contributed by atoms with van der Waals surface area (Å²) in [5.74, 6) is 0. The molecule has 0 radical (unpaired) electrons. The van der Waals surface area contributed by atoms with Crippen molar-refractivity contribution < 1.29 is 0 Å². The number of benzene rings is 6. The van der Waals surface area contributed by atoms with Crippen LogP contribution in [0.3, 0.4) is 0 Å². The standard InChI is InChI=1S/C41H30NP/c1-6-17-31(18-7-1)34-29-37(32-19-8-2-9-20-32)41(38(30-34)33-21-10-3-11-22-33)39-27-16-28-40(42-39)43(35-23-12-4-13-24-35)36-25-14-5-15-26-36/h1-30H. The molecule has 1 heterocycles. The average Bonchev–Trinajstić information content (AvgIpc) is 3.10. The third-order valence-electron chi connectivity index (χ3n) is 7.66. The number of aromatic nitrogens is 1. The molecule has 0 fully saturated rings. The van der Waals surface area contributed by atoms with E-state index < -0.39 is 7.92 Å². The Morgan fingerprint density at radius 1 is 0.349 bits per heavy atom. The molecule has 0 saturated heterocycles. The molecule has 0 aliphatic carbocycles. The minimum absolute atomic E-state index is 0.834. The van der Waals surface area contributed by atoms with Gasteiger partial charge in [-0.05, 0) is 68.3 Å². The summed E-state index contributed by atoms with van der Waals surface area (Å²) in [6, 6.07) is 64.9. The maximum absolute atomic E-state index is 5.50.